The highest BCUT2D eigenvalue weighted by Crippen LogP contribution is 2.74. The van der Waals surface area contributed by atoms with E-state index in [2.05, 4.69) is 39.8 Å². The van der Waals surface area contributed by atoms with Crippen LogP contribution in [0.15, 0.2) is 11.6 Å². The Balaban J connectivity index is 1.84. The van der Waals surface area contributed by atoms with Crippen LogP contribution < -0.4 is 0 Å². The van der Waals surface area contributed by atoms with E-state index in [1.54, 1.807) is 0 Å². The number of carbonyl (C=O) groups excluding carboxylic acids is 1. The van der Waals surface area contributed by atoms with Crippen molar-refractivity contribution in [3.63, 3.8) is 0 Å². The Labute approximate surface area is 174 Å². The summed E-state index contributed by atoms with van der Waals surface area (Å²) in [4.78, 5) is 12.0. The number of fused-ring (bicyclic) bond motifs is 2. The second-order valence-corrected chi connectivity index (χ2v) is 11.4. The fraction of sp³-hybridized carbons (Fsp3) is 0.833. The van der Waals surface area contributed by atoms with Crippen molar-refractivity contribution in [3.8, 4) is 6.07 Å². The van der Waals surface area contributed by atoms with Crippen LogP contribution in [0.5, 0.6) is 0 Å². The highest BCUT2D eigenvalue weighted by Gasteiger charge is 2.71. The van der Waals surface area contributed by atoms with Gasteiger partial charge in [0.2, 0.25) is 0 Å². The molecule has 3 nitrogen and oxygen atoms in total. The van der Waals surface area contributed by atoms with Crippen molar-refractivity contribution in [2.75, 3.05) is 7.11 Å². The molecule has 5 aliphatic rings. The van der Waals surface area contributed by atoms with Gasteiger partial charge < -0.3 is 4.74 Å². The molecule has 1 spiro atoms. The summed E-state index contributed by atoms with van der Waals surface area (Å²) in [6.07, 6.45) is 9.25. The topological polar surface area (TPSA) is 50.1 Å². The molecule has 0 saturated heterocycles. The largest absolute Gasteiger partial charge is 0.469 e. The van der Waals surface area contributed by atoms with Gasteiger partial charge in [-0.1, -0.05) is 38.8 Å². The third-order valence-corrected chi connectivity index (χ3v) is 10.0. The smallest absolute Gasteiger partial charge is 0.311 e. The van der Waals surface area contributed by atoms with Crippen LogP contribution in [0.2, 0.25) is 0 Å². The molecule has 0 aromatic heterocycles. The van der Waals surface area contributed by atoms with Gasteiger partial charge in [0, 0.05) is 5.41 Å². The number of halogens is 1. The number of hydrogen-bond acceptors (Lipinski definition) is 3. The Morgan fingerprint density at radius 1 is 1.29 bits per heavy atom. The second-order valence-electron chi connectivity index (χ2n) is 10.8. The number of nitriles is 1. The van der Waals surface area contributed by atoms with Gasteiger partial charge in [0.25, 0.3) is 0 Å². The van der Waals surface area contributed by atoms with Crippen LogP contribution in [0.25, 0.3) is 0 Å². The zero-order valence-electron chi connectivity index (χ0n) is 18.0. The van der Waals surface area contributed by atoms with Gasteiger partial charge in [-0.25, -0.2) is 0 Å². The number of nitrogens with zero attached hydrogens (tertiary/aromatic N) is 1. The lowest BCUT2D eigenvalue weighted by atomic mass is 9.36. The van der Waals surface area contributed by atoms with E-state index >= 15 is 0 Å². The number of rotatable bonds is 2. The predicted octanol–water partition coefficient (Wildman–Crippen LogP) is 5.88. The Morgan fingerprint density at radius 3 is 2.61 bits per heavy atom. The molecule has 2 bridgehead atoms. The Morgan fingerprint density at radius 2 is 2.00 bits per heavy atom. The molecule has 5 rings (SSSR count). The highest BCUT2D eigenvalue weighted by atomic mass is 35.5. The summed E-state index contributed by atoms with van der Waals surface area (Å²) < 4.78 is 5.26. The van der Waals surface area contributed by atoms with E-state index in [-0.39, 0.29) is 16.8 Å². The molecule has 7 atom stereocenters. The summed E-state index contributed by atoms with van der Waals surface area (Å²) in [5.41, 5.74) is 0.842. The molecule has 3 unspecified atom stereocenters. The van der Waals surface area contributed by atoms with E-state index < -0.39 is 10.3 Å². The molecular weight excluding hydrogens is 370 g/mol. The maximum absolute atomic E-state index is 12.8. The summed E-state index contributed by atoms with van der Waals surface area (Å²) in [5, 5.41) is 10.2. The van der Waals surface area contributed by atoms with Crippen molar-refractivity contribution in [2.45, 2.75) is 77.5 Å². The van der Waals surface area contributed by atoms with Crippen molar-refractivity contribution >= 4 is 17.6 Å². The van der Waals surface area contributed by atoms with Crippen LogP contribution in [-0.2, 0) is 9.53 Å². The van der Waals surface area contributed by atoms with Gasteiger partial charge in [0.05, 0.1) is 18.6 Å². The number of hydrogen-bond donors (Lipinski definition) is 0. The molecule has 3 fully saturated rings. The van der Waals surface area contributed by atoms with Crippen LogP contribution in [-0.4, -0.2) is 18.0 Å². The molecule has 0 heterocycles. The van der Waals surface area contributed by atoms with E-state index in [0.29, 0.717) is 23.7 Å². The van der Waals surface area contributed by atoms with E-state index in [0.717, 1.165) is 44.9 Å². The first-order chi connectivity index (χ1) is 13.1. The fourth-order valence-corrected chi connectivity index (χ4v) is 8.66. The molecule has 0 radical (unpaired) electrons. The maximum atomic E-state index is 12.8. The van der Waals surface area contributed by atoms with Crippen molar-refractivity contribution in [1.82, 2.24) is 0 Å². The minimum Gasteiger partial charge on any atom is -0.469 e. The van der Waals surface area contributed by atoms with Crippen molar-refractivity contribution in [2.24, 2.45) is 39.9 Å². The zero-order chi connectivity index (χ0) is 20.5. The van der Waals surface area contributed by atoms with Crippen LogP contribution in [0, 0.1) is 51.2 Å². The van der Waals surface area contributed by atoms with Gasteiger partial charge in [-0.05, 0) is 74.5 Å². The van der Waals surface area contributed by atoms with E-state index in [1.165, 1.54) is 12.7 Å². The average molecular weight is 404 g/mol. The summed E-state index contributed by atoms with van der Waals surface area (Å²) in [7, 11) is 1.52. The summed E-state index contributed by atoms with van der Waals surface area (Å²) >= 11 is 7.15. The van der Waals surface area contributed by atoms with E-state index in [4.69, 9.17) is 16.3 Å². The number of ether oxygens (including phenoxy) is 1. The molecule has 0 aliphatic heterocycles. The number of esters is 1. The number of alkyl halides is 1. The minimum absolute atomic E-state index is 0.0219. The number of allylic oxidation sites excluding steroid dienone is 2. The standard InChI is InChI=1S/C24H34ClNO2/c1-15(2)17-13-23-10-7-18-21(3,8-6-9-22(18,4)20(27)28-5)19(23)11-16(17)12-24(23,25)14-26/h13,15-16,18-19H,6-12H2,1-5H3/t16-,18?,19?,21-,22+,23-,24?/m0/s1. The fourth-order valence-electron chi connectivity index (χ4n) is 8.20. The second kappa shape index (κ2) is 6.24. The van der Waals surface area contributed by atoms with Crippen molar-refractivity contribution in [3.05, 3.63) is 11.6 Å². The molecule has 4 heteroatoms. The van der Waals surface area contributed by atoms with Gasteiger partial charge >= 0.3 is 5.97 Å². The average Bonchev–Trinajstić information content (AvgIpc) is 2.66. The Bertz CT molecular complexity index is 769. The molecule has 0 aromatic carbocycles. The van der Waals surface area contributed by atoms with Gasteiger partial charge in [-0.2, -0.15) is 5.26 Å². The Kier molecular flexibility index (Phi) is 4.52. The predicted molar refractivity (Wildman–Crippen MR) is 111 cm³/mol. The number of carbonyl (C=O) groups is 1. The normalized spacial score (nSPS) is 49.6. The molecule has 5 aliphatic carbocycles. The van der Waals surface area contributed by atoms with Gasteiger partial charge in [-0.15, -0.1) is 11.6 Å². The lowest BCUT2D eigenvalue weighted by Crippen LogP contribution is -2.66. The molecule has 154 valence electrons. The third-order valence-electron chi connectivity index (χ3n) is 9.42. The van der Waals surface area contributed by atoms with Crippen LogP contribution in [0.1, 0.15) is 72.6 Å². The maximum Gasteiger partial charge on any atom is 0.311 e. The lowest BCUT2D eigenvalue weighted by Gasteiger charge is -2.69. The van der Waals surface area contributed by atoms with E-state index in [1.807, 2.05) is 0 Å². The van der Waals surface area contributed by atoms with Crippen molar-refractivity contribution < 1.29 is 9.53 Å². The van der Waals surface area contributed by atoms with Gasteiger partial charge in [0.1, 0.15) is 4.87 Å². The SMILES string of the molecule is COC(=O)[C@]1(C)CCC[C@@]2(C)C1CC[C@]13C=C(C(C)C)[C@@H](CC21)CC3(Cl)C#N. The first-order valence-corrected chi connectivity index (χ1v) is 11.4. The van der Waals surface area contributed by atoms with Crippen LogP contribution in [0.4, 0.5) is 0 Å². The van der Waals surface area contributed by atoms with Crippen LogP contribution >= 0.6 is 11.6 Å². The summed E-state index contributed by atoms with van der Waals surface area (Å²) in [6.45, 7) is 9.04. The summed E-state index contributed by atoms with van der Waals surface area (Å²) in [5.74, 6) is 1.50. The first kappa shape index (κ1) is 20.3. The molecule has 3 saturated carbocycles. The lowest BCUT2D eigenvalue weighted by molar-refractivity contribution is -0.186. The molecule has 0 N–H and O–H groups in total. The number of methoxy groups -OCH3 is 1. The first-order valence-electron chi connectivity index (χ1n) is 11.0. The van der Waals surface area contributed by atoms with E-state index in [9.17, 15) is 10.1 Å². The minimum atomic E-state index is -0.813. The third kappa shape index (κ3) is 2.31. The summed E-state index contributed by atoms with van der Waals surface area (Å²) in [6, 6.07) is 2.56. The van der Waals surface area contributed by atoms with Gasteiger partial charge in [-0.3, -0.25) is 4.79 Å². The Hall–Kier alpha value is -1.01. The molecule has 0 amide bonds. The van der Waals surface area contributed by atoms with Gasteiger partial charge in [0.15, 0.2) is 0 Å². The molecule has 0 aromatic rings. The zero-order valence-corrected chi connectivity index (χ0v) is 18.7. The molecule has 28 heavy (non-hydrogen) atoms. The monoisotopic (exact) mass is 403 g/mol. The molecular formula is C24H34ClNO2. The highest BCUT2D eigenvalue weighted by molar-refractivity contribution is 6.27. The van der Waals surface area contributed by atoms with Crippen LogP contribution in [0.3, 0.4) is 0 Å². The quantitative estimate of drug-likeness (QED) is 0.329. The van der Waals surface area contributed by atoms with Crippen molar-refractivity contribution in [1.29, 1.82) is 5.26 Å².